The maximum Gasteiger partial charge on any atom is 0.417 e. The van der Waals surface area contributed by atoms with E-state index in [0.29, 0.717) is 5.56 Å². The normalized spacial score (nSPS) is 13.2. The van der Waals surface area contributed by atoms with Crippen molar-refractivity contribution in [3.05, 3.63) is 34.3 Å². The highest BCUT2D eigenvalue weighted by Gasteiger charge is 2.33. The Balaban J connectivity index is 2.85. The molecule has 9 heteroatoms. The Morgan fingerprint density at radius 1 is 1.27 bits per heavy atom. The number of hydrogen-bond acceptors (Lipinski definition) is 3. The number of nitrogens with zero attached hydrogens (tertiary/aromatic N) is 1. The van der Waals surface area contributed by atoms with Crippen molar-refractivity contribution in [3.8, 4) is 0 Å². The number of halogens is 4. The molecular formula is C17H21ClF3NO4. The molecule has 5 nitrogen and oxygen atoms in total. The van der Waals surface area contributed by atoms with Crippen LogP contribution in [0.1, 0.15) is 38.3 Å². The molecule has 1 atom stereocenters. The van der Waals surface area contributed by atoms with E-state index < -0.39 is 40.5 Å². The van der Waals surface area contributed by atoms with E-state index in [9.17, 15) is 27.9 Å². The number of carboxylic acid groups (broad SMARTS) is 1. The molecule has 0 spiro atoms. The number of rotatable bonds is 5. The Morgan fingerprint density at radius 2 is 1.85 bits per heavy atom. The third kappa shape index (κ3) is 6.40. The summed E-state index contributed by atoms with van der Waals surface area (Å²) in [5.41, 5.74) is -1.30. The molecule has 1 aromatic rings. The van der Waals surface area contributed by atoms with Gasteiger partial charge in [0.15, 0.2) is 0 Å². The molecule has 0 aliphatic rings. The third-order valence-electron chi connectivity index (χ3n) is 3.48. The second kappa shape index (κ2) is 8.16. The number of hydrogen-bond donors (Lipinski definition) is 1. The Hall–Kier alpha value is -1.96. The van der Waals surface area contributed by atoms with E-state index in [2.05, 4.69) is 0 Å². The molecule has 1 rings (SSSR count). The molecule has 26 heavy (non-hydrogen) atoms. The summed E-state index contributed by atoms with van der Waals surface area (Å²) < 4.78 is 43.3. The van der Waals surface area contributed by atoms with E-state index in [1.54, 1.807) is 20.8 Å². The number of carboxylic acids is 1. The topological polar surface area (TPSA) is 66.8 Å². The quantitative estimate of drug-likeness (QED) is 0.790. The lowest BCUT2D eigenvalue weighted by molar-refractivity contribution is -0.143. The van der Waals surface area contributed by atoms with Crippen LogP contribution < -0.4 is 0 Å². The van der Waals surface area contributed by atoms with Crippen LogP contribution in [0.2, 0.25) is 5.02 Å². The van der Waals surface area contributed by atoms with Crippen LogP contribution in [0.5, 0.6) is 0 Å². The minimum absolute atomic E-state index is 0.00717. The zero-order chi connectivity index (χ0) is 20.3. The van der Waals surface area contributed by atoms with Gasteiger partial charge in [-0.3, -0.25) is 4.90 Å². The van der Waals surface area contributed by atoms with Gasteiger partial charge in [-0.05, 0) is 51.3 Å². The fraction of sp³-hybridized carbons (Fsp3) is 0.529. The summed E-state index contributed by atoms with van der Waals surface area (Å²) in [5.74, 6) is -1.24. The highest BCUT2D eigenvalue weighted by molar-refractivity contribution is 6.31. The SMILES string of the molecule is CN(C(=O)OC(C)(C)C)C(CCc1ccc(C(F)(F)F)c(Cl)c1)C(=O)O. The highest BCUT2D eigenvalue weighted by Crippen LogP contribution is 2.35. The minimum Gasteiger partial charge on any atom is -0.480 e. The molecule has 0 heterocycles. The molecule has 0 saturated heterocycles. The van der Waals surface area contributed by atoms with E-state index in [1.165, 1.54) is 13.1 Å². The van der Waals surface area contributed by atoms with Gasteiger partial charge in [0.2, 0.25) is 0 Å². The molecule has 0 aliphatic carbocycles. The molecule has 1 unspecified atom stereocenters. The summed E-state index contributed by atoms with van der Waals surface area (Å²) in [5, 5.41) is 8.89. The molecule has 1 aromatic carbocycles. The first-order valence-corrected chi connectivity index (χ1v) is 8.14. The Labute approximate surface area is 154 Å². The maximum absolute atomic E-state index is 12.7. The van der Waals surface area contributed by atoms with E-state index >= 15 is 0 Å². The van der Waals surface area contributed by atoms with Crippen LogP contribution in [-0.2, 0) is 22.1 Å². The molecule has 146 valence electrons. The summed E-state index contributed by atoms with van der Waals surface area (Å²) in [4.78, 5) is 24.4. The maximum atomic E-state index is 12.7. The van der Waals surface area contributed by atoms with Crippen LogP contribution in [0.3, 0.4) is 0 Å². The smallest absolute Gasteiger partial charge is 0.417 e. The number of benzene rings is 1. The second-order valence-electron chi connectivity index (χ2n) is 6.80. The van der Waals surface area contributed by atoms with Crippen molar-refractivity contribution in [2.24, 2.45) is 0 Å². The van der Waals surface area contributed by atoms with Crippen molar-refractivity contribution in [3.63, 3.8) is 0 Å². The fourth-order valence-corrected chi connectivity index (χ4v) is 2.50. The number of aryl methyl sites for hydroxylation is 1. The van der Waals surface area contributed by atoms with E-state index in [4.69, 9.17) is 16.3 Å². The molecule has 0 fully saturated rings. The lowest BCUT2D eigenvalue weighted by Gasteiger charge is -2.28. The van der Waals surface area contributed by atoms with Gasteiger partial charge in [0, 0.05) is 7.05 Å². The van der Waals surface area contributed by atoms with E-state index in [0.717, 1.165) is 17.0 Å². The summed E-state index contributed by atoms with van der Waals surface area (Å²) in [6, 6.07) is 2.05. The van der Waals surface area contributed by atoms with Gasteiger partial charge in [0.05, 0.1) is 10.6 Å². The number of aliphatic carboxylic acids is 1. The van der Waals surface area contributed by atoms with Crippen LogP contribution in [0, 0.1) is 0 Å². The fourth-order valence-electron chi connectivity index (χ4n) is 2.19. The van der Waals surface area contributed by atoms with Crippen molar-refractivity contribution < 1.29 is 32.6 Å². The number of amides is 1. The van der Waals surface area contributed by atoms with Crippen molar-refractivity contribution in [2.45, 2.75) is 51.4 Å². The van der Waals surface area contributed by atoms with Crippen LogP contribution in [-0.4, -0.2) is 40.8 Å². The lowest BCUT2D eigenvalue weighted by Crippen LogP contribution is -2.45. The number of alkyl halides is 3. The van der Waals surface area contributed by atoms with Gasteiger partial charge in [-0.1, -0.05) is 17.7 Å². The zero-order valence-corrected chi connectivity index (χ0v) is 15.6. The van der Waals surface area contributed by atoms with E-state index in [1.807, 2.05) is 0 Å². The van der Waals surface area contributed by atoms with Crippen LogP contribution >= 0.6 is 11.6 Å². The predicted molar refractivity (Wildman–Crippen MR) is 90.2 cm³/mol. The number of likely N-dealkylation sites (N-methyl/N-ethyl adjacent to an activating group) is 1. The van der Waals surface area contributed by atoms with Gasteiger partial charge in [-0.2, -0.15) is 13.2 Å². The van der Waals surface area contributed by atoms with Gasteiger partial charge in [0.1, 0.15) is 11.6 Å². The standard InChI is InChI=1S/C17H21ClF3NO4/c1-16(2,3)26-15(25)22(4)13(14(23)24)8-6-10-5-7-11(12(18)9-10)17(19,20)21/h5,7,9,13H,6,8H2,1-4H3,(H,23,24). The minimum atomic E-state index is -4.56. The van der Waals surface area contributed by atoms with Crippen LogP contribution in [0.15, 0.2) is 18.2 Å². The van der Waals surface area contributed by atoms with Crippen molar-refractivity contribution >= 4 is 23.7 Å². The summed E-state index contributed by atoms with van der Waals surface area (Å²) >= 11 is 5.66. The van der Waals surface area contributed by atoms with E-state index in [-0.39, 0.29) is 12.8 Å². The van der Waals surface area contributed by atoms with Gasteiger partial charge >= 0.3 is 18.2 Å². The molecule has 0 aliphatic heterocycles. The number of carbonyl (C=O) groups excluding carboxylic acids is 1. The van der Waals surface area contributed by atoms with Gasteiger partial charge in [-0.15, -0.1) is 0 Å². The average molecular weight is 396 g/mol. The highest BCUT2D eigenvalue weighted by atomic mass is 35.5. The van der Waals surface area contributed by atoms with Crippen molar-refractivity contribution in [2.75, 3.05) is 7.05 Å². The summed E-state index contributed by atoms with van der Waals surface area (Å²) in [6.45, 7) is 4.95. The van der Waals surface area contributed by atoms with Crippen LogP contribution in [0.25, 0.3) is 0 Å². The van der Waals surface area contributed by atoms with Crippen molar-refractivity contribution in [1.82, 2.24) is 4.90 Å². The third-order valence-corrected chi connectivity index (χ3v) is 3.79. The Morgan fingerprint density at radius 3 is 2.27 bits per heavy atom. The monoisotopic (exact) mass is 395 g/mol. The lowest BCUT2D eigenvalue weighted by atomic mass is 10.0. The molecule has 0 radical (unpaired) electrons. The van der Waals surface area contributed by atoms with Crippen LogP contribution in [0.4, 0.5) is 18.0 Å². The number of carbonyl (C=O) groups is 2. The largest absolute Gasteiger partial charge is 0.480 e. The molecule has 0 aromatic heterocycles. The Bertz CT molecular complexity index is 671. The summed E-state index contributed by atoms with van der Waals surface area (Å²) in [6.07, 6.45) is -5.24. The molecule has 1 N–H and O–H groups in total. The zero-order valence-electron chi connectivity index (χ0n) is 14.9. The van der Waals surface area contributed by atoms with Crippen molar-refractivity contribution in [1.29, 1.82) is 0 Å². The first kappa shape index (κ1) is 22.1. The summed E-state index contributed by atoms with van der Waals surface area (Å²) in [7, 11) is 1.30. The molecule has 0 saturated carbocycles. The predicted octanol–water partition coefficient (Wildman–Crippen LogP) is 4.61. The van der Waals surface area contributed by atoms with Gasteiger partial charge in [-0.25, -0.2) is 9.59 Å². The second-order valence-corrected chi connectivity index (χ2v) is 7.20. The molecule has 1 amide bonds. The number of ether oxygens (including phenoxy) is 1. The average Bonchev–Trinajstić information content (AvgIpc) is 2.43. The Kier molecular flexibility index (Phi) is 6.93. The first-order valence-electron chi connectivity index (χ1n) is 7.76. The first-order chi connectivity index (χ1) is 11.7. The molecule has 0 bridgehead atoms. The molecular weight excluding hydrogens is 375 g/mol. The van der Waals surface area contributed by atoms with Gasteiger partial charge < -0.3 is 9.84 Å². The van der Waals surface area contributed by atoms with Gasteiger partial charge in [0.25, 0.3) is 0 Å².